The van der Waals surface area contributed by atoms with Gasteiger partial charge in [0.05, 0.1) is 0 Å². The van der Waals surface area contributed by atoms with Crippen LogP contribution in [0, 0.1) is 25.2 Å². The van der Waals surface area contributed by atoms with Crippen LogP contribution in [0.1, 0.15) is 56.9 Å². The van der Waals surface area contributed by atoms with Crippen LogP contribution in [0.25, 0.3) is 0 Å². The number of nitrogens with one attached hydrogen (secondary N) is 3. The molecular formula is C21H30N4O4. The number of aromatic amines is 1. The van der Waals surface area contributed by atoms with Gasteiger partial charge in [0.15, 0.2) is 0 Å². The van der Waals surface area contributed by atoms with Gasteiger partial charge < -0.3 is 15.6 Å². The lowest BCUT2D eigenvalue weighted by Crippen LogP contribution is -2.54. The van der Waals surface area contributed by atoms with Crippen LogP contribution >= 0.6 is 0 Å². The van der Waals surface area contributed by atoms with Crippen LogP contribution < -0.4 is 16.2 Å². The number of aromatic nitrogens is 1. The van der Waals surface area contributed by atoms with Crippen molar-refractivity contribution in [1.29, 1.82) is 0 Å². The third kappa shape index (κ3) is 4.21. The van der Waals surface area contributed by atoms with E-state index >= 15 is 0 Å². The Hall–Kier alpha value is -2.64. The number of hydrogen-bond acceptors (Lipinski definition) is 4. The second kappa shape index (κ2) is 7.31. The molecule has 2 unspecified atom stereocenters. The fourth-order valence-electron chi connectivity index (χ4n) is 5.14. The van der Waals surface area contributed by atoms with Crippen LogP contribution in [0.15, 0.2) is 10.9 Å². The Balaban J connectivity index is 1.68. The maximum Gasteiger partial charge on any atom is 0.325 e. The number of carbonyl (C=O) groups is 3. The number of amides is 4. The van der Waals surface area contributed by atoms with Crippen molar-refractivity contribution in [3.63, 3.8) is 0 Å². The molecule has 2 atom stereocenters. The summed E-state index contributed by atoms with van der Waals surface area (Å²) in [4.78, 5) is 53.8. The lowest BCUT2D eigenvalue weighted by Gasteiger charge is -2.43. The van der Waals surface area contributed by atoms with Gasteiger partial charge in [-0.25, -0.2) is 4.79 Å². The average Bonchev–Trinajstić information content (AvgIpc) is 2.75. The standard InChI is InChI=1S/C21H30N4O4/c1-12-7-20(4,5)11-21(8-12)18(28)25(19(29)24-21)10-16(26)22-9-15-13(2)6-14(3)23-17(15)27/h6,12H,7-11H2,1-5H3,(H,22,26)(H,23,27)(H,24,29). The lowest BCUT2D eigenvalue weighted by atomic mass is 9.64. The summed E-state index contributed by atoms with van der Waals surface area (Å²) in [5.41, 5.74) is 0.734. The molecule has 1 saturated carbocycles. The number of imide groups is 1. The zero-order chi connectivity index (χ0) is 21.6. The van der Waals surface area contributed by atoms with Gasteiger partial charge in [-0.2, -0.15) is 0 Å². The van der Waals surface area contributed by atoms with Gasteiger partial charge in [0.2, 0.25) is 5.91 Å². The molecule has 8 heteroatoms. The molecule has 8 nitrogen and oxygen atoms in total. The highest BCUT2D eigenvalue weighted by atomic mass is 16.2. The van der Waals surface area contributed by atoms with E-state index in [-0.39, 0.29) is 30.0 Å². The summed E-state index contributed by atoms with van der Waals surface area (Å²) in [5.74, 6) is -0.511. The van der Waals surface area contributed by atoms with Crippen LogP contribution in [-0.2, 0) is 16.1 Å². The number of pyridine rings is 1. The molecule has 1 saturated heterocycles. The molecule has 2 heterocycles. The SMILES string of the molecule is Cc1cc(C)c(CNC(=O)CN2C(=O)NC3(CC(C)CC(C)(C)C3)C2=O)c(=O)[nH]1. The number of nitrogens with zero attached hydrogens (tertiary/aromatic N) is 1. The first-order valence-electron chi connectivity index (χ1n) is 10.0. The molecule has 4 amide bonds. The second-order valence-electron chi connectivity index (χ2n) is 9.48. The highest BCUT2D eigenvalue weighted by Gasteiger charge is 2.56. The van der Waals surface area contributed by atoms with Gasteiger partial charge in [-0.05, 0) is 56.1 Å². The summed E-state index contributed by atoms with van der Waals surface area (Å²) in [7, 11) is 0. The first-order chi connectivity index (χ1) is 13.4. The Labute approximate surface area is 170 Å². The molecule has 0 bridgehead atoms. The number of aryl methyl sites for hydroxylation is 2. The van der Waals surface area contributed by atoms with Crippen molar-refractivity contribution >= 4 is 17.8 Å². The zero-order valence-corrected chi connectivity index (χ0v) is 17.8. The zero-order valence-electron chi connectivity index (χ0n) is 17.8. The van der Waals surface area contributed by atoms with Gasteiger partial charge in [0.25, 0.3) is 11.5 Å². The maximum absolute atomic E-state index is 13.1. The normalized spacial score (nSPS) is 26.0. The van der Waals surface area contributed by atoms with E-state index < -0.39 is 17.5 Å². The summed E-state index contributed by atoms with van der Waals surface area (Å²) in [6.07, 6.45) is 2.13. The molecule has 29 heavy (non-hydrogen) atoms. The number of H-pyrrole nitrogens is 1. The van der Waals surface area contributed by atoms with Crippen molar-refractivity contribution < 1.29 is 14.4 Å². The molecule has 1 aromatic rings. The molecule has 1 aromatic heterocycles. The number of hydrogen-bond donors (Lipinski definition) is 3. The van der Waals surface area contributed by atoms with E-state index in [2.05, 4.69) is 36.4 Å². The predicted octanol–water partition coefficient (Wildman–Crippen LogP) is 1.74. The Bertz CT molecular complexity index is 920. The topological polar surface area (TPSA) is 111 Å². The second-order valence-corrected chi connectivity index (χ2v) is 9.48. The van der Waals surface area contributed by atoms with Crippen molar-refractivity contribution in [2.75, 3.05) is 6.54 Å². The lowest BCUT2D eigenvalue weighted by molar-refractivity contribution is -0.137. The molecule has 0 aromatic carbocycles. The monoisotopic (exact) mass is 402 g/mol. The molecule has 3 rings (SSSR count). The van der Waals surface area contributed by atoms with Gasteiger partial charge >= 0.3 is 6.03 Å². The summed E-state index contributed by atoms with van der Waals surface area (Å²) in [6, 6.07) is 1.30. The first-order valence-corrected chi connectivity index (χ1v) is 10.0. The Morgan fingerprint density at radius 3 is 2.55 bits per heavy atom. The van der Waals surface area contributed by atoms with E-state index in [0.717, 1.165) is 22.6 Å². The van der Waals surface area contributed by atoms with Crippen molar-refractivity contribution in [3.8, 4) is 0 Å². The molecule has 1 spiro atoms. The molecule has 1 aliphatic heterocycles. The summed E-state index contributed by atoms with van der Waals surface area (Å²) in [6.45, 7) is 9.55. The van der Waals surface area contributed by atoms with Crippen LogP contribution in [0.4, 0.5) is 4.79 Å². The first kappa shape index (κ1) is 21.1. The molecule has 0 radical (unpaired) electrons. The smallest absolute Gasteiger partial charge is 0.325 e. The van der Waals surface area contributed by atoms with Gasteiger partial charge in [-0.3, -0.25) is 19.3 Å². The quantitative estimate of drug-likeness (QED) is 0.666. The third-order valence-corrected chi connectivity index (χ3v) is 5.88. The highest BCUT2D eigenvalue weighted by Crippen LogP contribution is 2.46. The minimum Gasteiger partial charge on any atom is -0.350 e. The van der Waals surface area contributed by atoms with E-state index in [0.29, 0.717) is 24.3 Å². The van der Waals surface area contributed by atoms with E-state index in [1.54, 1.807) is 13.8 Å². The number of urea groups is 1. The van der Waals surface area contributed by atoms with Crippen molar-refractivity contribution in [3.05, 3.63) is 33.2 Å². The molecule has 1 aliphatic carbocycles. The minimum atomic E-state index is -0.927. The van der Waals surface area contributed by atoms with Crippen molar-refractivity contribution in [1.82, 2.24) is 20.5 Å². The van der Waals surface area contributed by atoms with Crippen LogP contribution in [0.5, 0.6) is 0 Å². The summed E-state index contributed by atoms with van der Waals surface area (Å²) >= 11 is 0. The van der Waals surface area contributed by atoms with E-state index in [9.17, 15) is 19.2 Å². The third-order valence-electron chi connectivity index (χ3n) is 5.88. The van der Waals surface area contributed by atoms with Gasteiger partial charge in [0.1, 0.15) is 12.1 Å². The Kier molecular flexibility index (Phi) is 5.32. The minimum absolute atomic E-state index is 0.0408. The summed E-state index contributed by atoms with van der Waals surface area (Å²) in [5, 5.41) is 5.51. The molecular weight excluding hydrogens is 372 g/mol. The van der Waals surface area contributed by atoms with Gasteiger partial charge in [-0.1, -0.05) is 20.8 Å². The van der Waals surface area contributed by atoms with Crippen LogP contribution in [-0.4, -0.2) is 39.8 Å². The van der Waals surface area contributed by atoms with Gasteiger partial charge in [-0.15, -0.1) is 0 Å². The fraction of sp³-hybridized carbons (Fsp3) is 0.619. The maximum atomic E-state index is 13.1. The van der Waals surface area contributed by atoms with Crippen molar-refractivity contribution in [2.45, 2.75) is 66.0 Å². The summed E-state index contributed by atoms with van der Waals surface area (Å²) < 4.78 is 0. The predicted molar refractivity (Wildman–Crippen MR) is 108 cm³/mol. The molecule has 3 N–H and O–H groups in total. The Morgan fingerprint density at radius 1 is 1.24 bits per heavy atom. The van der Waals surface area contributed by atoms with E-state index in [1.807, 2.05) is 6.07 Å². The number of rotatable bonds is 4. The van der Waals surface area contributed by atoms with Crippen LogP contribution in [0.2, 0.25) is 0 Å². The highest BCUT2D eigenvalue weighted by molar-refractivity contribution is 6.09. The fourth-order valence-corrected chi connectivity index (χ4v) is 5.14. The van der Waals surface area contributed by atoms with Crippen LogP contribution in [0.3, 0.4) is 0 Å². The largest absolute Gasteiger partial charge is 0.350 e. The van der Waals surface area contributed by atoms with Gasteiger partial charge in [0, 0.05) is 17.8 Å². The number of carbonyl (C=O) groups excluding carboxylic acids is 3. The van der Waals surface area contributed by atoms with E-state index in [1.165, 1.54) is 0 Å². The van der Waals surface area contributed by atoms with E-state index in [4.69, 9.17) is 0 Å². The van der Waals surface area contributed by atoms with Crippen molar-refractivity contribution in [2.24, 2.45) is 11.3 Å². The molecule has 2 aliphatic rings. The Morgan fingerprint density at radius 2 is 1.93 bits per heavy atom. The average molecular weight is 402 g/mol. The molecule has 158 valence electrons. The molecule has 2 fully saturated rings.